The van der Waals surface area contributed by atoms with Gasteiger partial charge in [-0.1, -0.05) is 56.1 Å². The summed E-state index contributed by atoms with van der Waals surface area (Å²) in [5, 5.41) is 3.66. The molecule has 3 aromatic rings. The molecule has 0 heterocycles. The second kappa shape index (κ2) is 15.7. The fourth-order valence-corrected chi connectivity index (χ4v) is 6.79. The molecular weight excluding hydrogens is 637 g/mol. The molecule has 45 heavy (non-hydrogen) atoms. The lowest BCUT2D eigenvalue weighted by atomic mass is 10.1. The molecule has 0 aliphatic heterocycles. The number of nitrogens with zero attached hydrogens (tertiary/aromatic N) is 2. The SMILES string of the molecule is CC[C@@H](C(=O)NCC(C)C)N(Cc1ccc(Cl)cc1Cl)C(=O)CN(c1cc(C)cc(C)c1)S(=O)(=O)c1ccc(OC)c(OC)c1. The first-order valence-electron chi connectivity index (χ1n) is 14.6. The van der Waals surface area contributed by atoms with Gasteiger partial charge in [-0.05, 0) is 79.3 Å². The first-order valence-corrected chi connectivity index (χ1v) is 16.8. The van der Waals surface area contributed by atoms with Crippen LogP contribution in [0.2, 0.25) is 10.0 Å². The second-order valence-corrected chi connectivity index (χ2v) is 13.9. The second-order valence-electron chi connectivity index (χ2n) is 11.2. The molecule has 1 N–H and O–H groups in total. The number of hydrogen-bond acceptors (Lipinski definition) is 6. The number of aryl methyl sites for hydroxylation is 2. The lowest BCUT2D eigenvalue weighted by Gasteiger charge is -2.33. The molecule has 0 unspecified atom stereocenters. The van der Waals surface area contributed by atoms with Crippen molar-refractivity contribution in [1.29, 1.82) is 0 Å². The van der Waals surface area contributed by atoms with Gasteiger partial charge in [0, 0.05) is 29.2 Å². The molecule has 3 aromatic carbocycles. The lowest BCUT2D eigenvalue weighted by Crippen LogP contribution is -2.52. The number of amides is 2. The van der Waals surface area contributed by atoms with Crippen LogP contribution in [0.25, 0.3) is 0 Å². The van der Waals surface area contributed by atoms with Crippen molar-refractivity contribution in [3.63, 3.8) is 0 Å². The molecule has 0 bridgehead atoms. The number of hydrogen-bond donors (Lipinski definition) is 1. The number of benzene rings is 3. The third-order valence-corrected chi connectivity index (χ3v) is 9.50. The molecule has 0 aromatic heterocycles. The summed E-state index contributed by atoms with van der Waals surface area (Å²) < 4.78 is 40.4. The molecule has 0 aliphatic carbocycles. The van der Waals surface area contributed by atoms with Crippen molar-refractivity contribution in [1.82, 2.24) is 10.2 Å². The van der Waals surface area contributed by atoms with Crippen molar-refractivity contribution in [2.45, 2.75) is 58.5 Å². The highest BCUT2D eigenvalue weighted by atomic mass is 35.5. The number of carbonyl (C=O) groups excluding carboxylic acids is 2. The quantitative estimate of drug-likeness (QED) is 0.212. The predicted molar refractivity (Wildman–Crippen MR) is 179 cm³/mol. The average Bonchev–Trinajstić information content (AvgIpc) is 2.98. The van der Waals surface area contributed by atoms with E-state index < -0.39 is 28.5 Å². The summed E-state index contributed by atoms with van der Waals surface area (Å²) in [6.07, 6.45) is 0.285. The first kappa shape index (κ1) is 36.0. The molecule has 3 rings (SSSR count). The smallest absolute Gasteiger partial charge is 0.264 e. The zero-order valence-electron chi connectivity index (χ0n) is 26.7. The molecule has 0 radical (unpaired) electrons. The van der Waals surface area contributed by atoms with E-state index in [-0.39, 0.29) is 35.4 Å². The van der Waals surface area contributed by atoms with Crippen LogP contribution >= 0.6 is 23.2 Å². The Kier molecular flexibility index (Phi) is 12.6. The van der Waals surface area contributed by atoms with Crippen LogP contribution in [-0.2, 0) is 26.2 Å². The van der Waals surface area contributed by atoms with Crippen LogP contribution in [0.5, 0.6) is 11.5 Å². The summed E-state index contributed by atoms with van der Waals surface area (Å²) in [4.78, 5) is 29.1. The highest BCUT2D eigenvalue weighted by molar-refractivity contribution is 7.92. The summed E-state index contributed by atoms with van der Waals surface area (Å²) in [5.74, 6) is -0.166. The Morgan fingerprint density at radius 3 is 2.11 bits per heavy atom. The molecule has 244 valence electrons. The normalized spacial score (nSPS) is 12.0. The molecule has 12 heteroatoms. The van der Waals surface area contributed by atoms with Gasteiger partial charge in [0.05, 0.1) is 24.8 Å². The zero-order chi connectivity index (χ0) is 33.5. The first-order chi connectivity index (χ1) is 21.2. The third-order valence-electron chi connectivity index (χ3n) is 7.14. The summed E-state index contributed by atoms with van der Waals surface area (Å²) in [5.41, 5.74) is 2.49. The Hall–Kier alpha value is -3.47. The molecule has 0 spiro atoms. The van der Waals surface area contributed by atoms with Gasteiger partial charge in [-0.3, -0.25) is 13.9 Å². The van der Waals surface area contributed by atoms with E-state index in [0.717, 1.165) is 15.4 Å². The van der Waals surface area contributed by atoms with Gasteiger partial charge in [-0.15, -0.1) is 0 Å². The monoisotopic (exact) mass is 677 g/mol. The standard InChI is InChI=1S/C33H41Cl2N3O6S/c1-8-29(33(40)36-18-21(2)3)37(19-24-9-10-25(34)16-28(24)35)32(39)20-38(26-14-22(4)13-23(5)15-26)45(41,42)27-11-12-30(43-6)31(17-27)44-7/h9-17,21,29H,8,18-20H2,1-7H3,(H,36,40)/t29-/m0/s1. The number of rotatable bonds is 14. The fraction of sp³-hybridized carbons (Fsp3) is 0.394. The Morgan fingerprint density at radius 2 is 1.56 bits per heavy atom. The van der Waals surface area contributed by atoms with Gasteiger partial charge in [0.1, 0.15) is 12.6 Å². The highest BCUT2D eigenvalue weighted by Crippen LogP contribution is 2.33. The van der Waals surface area contributed by atoms with Crippen LogP contribution in [0, 0.1) is 19.8 Å². The van der Waals surface area contributed by atoms with Crippen LogP contribution in [0.4, 0.5) is 5.69 Å². The van der Waals surface area contributed by atoms with E-state index in [1.807, 2.05) is 33.8 Å². The number of carbonyl (C=O) groups is 2. The van der Waals surface area contributed by atoms with E-state index in [4.69, 9.17) is 32.7 Å². The minimum atomic E-state index is -4.33. The Bertz CT molecular complexity index is 1610. The third kappa shape index (κ3) is 9.05. The van der Waals surface area contributed by atoms with Gasteiger partial charge in [0.15, 0.2) is 11.5 Å². The van der Waals surface area contributed by atoms with E-state index in [1.165, 1.54) is 37.3 Å². The van der Waals surface area contributed by atoms with Crippen molar-refractivity contribution in [2.75, 3.05) is 31.6 Å². The molecule has 0 fully saturated rings. The van der Waals surface area contributed by atoms with Crippen LogP contribution in [-0.4, -0.2) is 58.5 Å². The Balaban J connectivity index is 2.15. The van der Waals surface area contributed by atoms with Crippen molar-refractivity contribution >= 4 is 50.7 Å². The molecular formula is C33H41Cl2N3O6S. The number of sulfonamides is 1. The topological polar surface area (TPSA) is 105 Å². The van der Waals surface area contributed by atoms with Crippen molar-refractivity contribution in [2.24, 2.45) is 5.92 Å². The predicted octanol–water partition coefficient (Wildman–Crippen LogP) is 6.40. The van der Waals surface area contributed by atoms with Gasteiger partial charge >= 0.3 is 0 Å². The largest absolute Gasteiger partial charge is 0.493 e. The zero-order valence-corrected chi connectivity index (χ0v) is 29.0. The van der Waals surface area contributed by atoms with Gasteiger partial charge in [0.2, 0.25) is 11.8 Å². The lowest BCUT2D eigenvalue weighted by molar-refractivity contribution is -0.140. The van der Waals surface area contributed by atoms with Crippen molar-refractivity contribution < 1.29 is 27.5 Å². The minimum absolute atomic E-state index is 0.0421. The van der Waals surface area contributed by atoms with Crippen molar-refractivity contribution in [3.05, 3.63) is 81.3 Å². The maximum atomic E-state index is 14.3. The molecule has 0 saturated carbocycles. The summed E-state index contributed by atoms with van der Waals surface area (Å²) >= 11 is 12.6. The molecule has 9 nitrogen and oxygen atoms in total. The molecule has 0 aliphatic rings. The fourth-order valence-electron chi connectivity index (χ4n) is 4.90. The van der Waals surface area contributed by atoms with Crippen LogP contribution < -0.4 is 19.1 Å². The van der Waals surface area contributed by atoms with E-state index >= 15 is 0 Å². The number of methoxy groups -OCH3 is 2. The maximum Gasteiger partial charge on any atom is 0.264 e. The number of ether oxygens (including phenoxy) is 2. The van der Waals surface area contributed by atoms with E-state index in [1.54, 1.807) is 37.3 Å². The van der Waals surface area contributed by atoms with E-state index in [2.05, 4.69) is 5.32 Å². The van der Waals surface area contributed by atoms with Crippen LogP contribution in [0.3, 0.4) is 0 Å². The molecule has 2 amide bonds. The highest BCUT2D eigenvalue weighted by Gasteiger charge is 2.34. The number of nitrogens with one attached hydrogen (secondary N) is 1. The Labute approximate surface area is 276 Å². The van der Waals surface area contributed by atoms with Gasteiger partial charge in [-0.2, -0.15) is 0 Å². The molecule has 0 saturated heterocycles. The summed E-state index contributed by atoms with van der Waals surface area (Å²) in [7, 11) is -1.46. The number of halogens is 2. The maximum absolute atomic E-state index is 14.3. The van der Waals surface area contributed by atoms with Crippen LogP contribution in [0.1, 0.15) is 43.9 Å². The minimum Gasteiger partial charge on any atom is -0.493 e. The van der Waals surface area contributed by atoms with E-state index in [9.17, 15) is 18.0 Å². The van der Waals surface area contributed by atoms with Gasteiger partial charge < -0.3 is 19.7 Å². The van der Waals surface area contributed by atoms with Gasteiger partial charge in [0.25, 0.3) is 10.0 Å². The number of anilines is 1. The molecule has 1 atom stereocenters. The van der Waals surface area contributed by atoms with Gasteiger partial charge in [-0.25, -0.2) is 8.42 Å². The van der Waals surface area contributed by atoms with Crippen LogP contribution in [0.15, 0.2) is 59.5 Å². The summed E-state index contributed by atoms with van der Waals surface area (Å²) in [6, 6.07) is 13.6. The average molecular weight is 679 g/mol. The van der Waals surface area contributed by atoms with Crippen molar-refractivity contribution in [3.8, 4) is 11.5 Å². The van der Waals surface area contributed by atoms with E-state index in [0.29, 0.717) is 33.6 Å². The summed E-state index contributed by atoms with van der Waals surface area (Å²) in [6.45, 7) is 9.23. The Morgan fingerprint density at radius 1 is 0.911 bits per heavy atom.